The minimum absolute atomic E-state index is 0.0258. The monoisotopic (exact) mass is 385 g/mol. The van der Waals surface area contributed by atoms with Crippen LogP contribution in [-0.2, 0) is 4.79 Å². The summed E-state index contributed by atoms with van der Waals surface area (Å²) in [5, 5.41) is 26.4. The third-order valence-corrected chi connectivity index (χ3v) is 5.46. The number of aliphatic hydroxyl groups is 1. The van der Waals surface area contributed by atoms with Gasteiger partial charge in [-0.2, -0.15) is 0 Å². The summed E-state index contributed by atoms with van der Waals surface area (Å²) in [5.74, 6) is -0.556. The van der Waals surface area contributed by atoms with E-state index in [0.717, 1.165) is 25.7 Å². The van der Waals surface area contributed by atoms with E-state index in [-0.39, 0.29) is 41.6 Å². The third-order valence-electron chi connectivity index (χ3n) is 5.46. The van der Waals surface area contributed by atoms with Crippen molar-refractivity contribution in [1.29, 1.82) is 0 Å². The van der Waals surface area contributed by atoms with Gasteiger partial charge in [0.1, 0.15) is 5.70 Å². The fraction of sp³-hybridized carbons (Fsp3) is 0.429. The van der Waals surface area contributed by atoms with Gasteiger partial charge in [-0.05, 0) is 25.0 Å². The van der Waals surface area contributed by atoms with E-state index in [1.807, 2.05) is 0 Å². The first-order valence-corrected chi connectivity index (χ1v) is 9.51. The Kier molecular flexibility index (Phi) is 5.74. The molecule has 7 nitrogen and oxygen atoms in total. The van der Waals surface area contributed by atoms with Crippen molar-refractivity contribution in [3.8, 4) is 5.75 Å². The van der Waals surface area contributed by atoms with Gasteiger partial charge in [-0.25, -0.2) is 0 Å². The van der Waals surface area contributed by atoms with E-state index in [1.54, 1.807) is 32.3 Å². The highest BCUT2D eigenvalue weighted by molar-refractivity contribution is 6.20. The van der Waals surface area contributed by atoms with E-state index in [9.17, 15) is 19.8 Å². The van der Waals surface area contributed by atoms with Crippen LogP contribution < -0.4 is 10.6 Å². The Morgan fingerprint density at radius 1 is 1.25 bits per heavy atom. The SMILES string of the molecule is C=C1C(=O)C(NC2CCCCC2CO)=C1Nc1cccc(C(=O)N(C)C)c1O. The molecule has 3 rings (SSSR count). The van der Waals surface area contributed by atoms with Crippen LogP contribution in [0, 0.1) is 5.92 Å². The molecule has 0 heterocycles. The molecule has 0 aliphatic heterocycles. The molecule has 2 unspecified atom stereocenters. The molecule has 2 aliphatic rings. The second kappa shape index (κ2) is 8.06. The highest BCUT2D eigenvalue weighted by Crippen LogP contribution is 2.35. The van der Waals surface area contributed by atoms with Gasteiger partial charge in [0.2, 0.25) is 5.78 Å². The van der Waals surface area contributed by atoms with Crippen LogP contribution in [0.2, 0.25) is 0 Å². The second-order valence-electron chi connectivity index (χ2n) is 7.56. The number of benzene rings is 1. The van der Waals surface area contributed by atoms with E-state index in [4.69, 9.17) is 0 Å². The molecule has 1 aromatic rings. The van der Waals surface area contributed by atoms with Gasteiger partial charge in [0.05, 0.1) is 16.9 Å². The molecule has 7 heteroatoms. The fourth-order valence-electron chi connectivity index (χ4n) is 3.74. The number of nitrogens with one attached hydrogen (secondary N) is 2. The number of phenols is 1. The maximum Gasteiger partial charge on any atom is 0.257 e. The topological polar surface area (TPSA) is 102 Å². The maximum atomic E-state index is 12.3. The van der Waals surface area contributed by atoms with Gasteiger partial charge in [0.25, 0.3) is 5.91 Å². The Bertz CT molecular complexity index is 844. The molecule has 150 valence electrons. The lowest BCUT2D eigenvalue weighted by Crippen LogP contribution is -2.45. The van der Waals surface area contributed by atoms with Crippen LogP contribution in [0.25, 0.3) is 0 Å². The molecule has 1 aromatic carbocycles. The average Bonchev–Trinajstić information content (AvgIpc) is 2.71. The van der Waals surface area contributed by atoms with Crippen molar-refractivity contribution in [2.75, 3.05) is 26.0 Å². The molecule has 0 spiro atoms. The summed E-state index contributed by atoms with van der Waals surface area (Å²) in [6.07, 6.45) is 3.94. The second-order valence-corrected chi connectivity index (χ2v) is 7.56. The number of aromatic hydroxyl groups is 1. The summed E-state index contributed by atoms with van der Waals surface area (Å²) >= 11 is 0. The van der Waals surface area contributed by atoms with Crippen LogP contribution >= 0.6 is 0 Å². The van der Waals surface area contributed by atoms with Crippen molar-refractivity contribution >= 4 is 17.4 Å². The average molecular weight is 385 g/mol. The summed E-state index contributed by atoms with van der Waals surface area (Å²) < 4.78 is 0. The number of aliphatic hydroxyl groups excluding tert-OH is 1. The van der Waals surface area contributed by atoms with E-state index in [0.29, 0.717) is 22.7 Å². The number of hydrogen-bond acceptors (Lipinski definition) is 6. The molecule has 28 heavy (non-hydrogen) atoms. The Morgan fingerprint density at radius 3 is 2.64 bits per heavy atom. The largest absolute Gasteiger partial charge is 0.505 e. The third kappa shape index (κ3) is 3.62. The standard InChI is InChI=1S/C21H27N3O4/c1-12-17(18(19(12)26)22-15-9-5-4-7-13(15)11-25)23-16-10-6-8-14(20(16)27)21(28)24(2)3/h6,8,10,13,15,22-23,25,27H,1,4-5,7,9,11H2,2-3H3. The van der Waals surface area contributed by atoms with Crippen molar-refractivity contribution in [3.63, 3.8) is 0 Å². The number of carbonyl (C=O) groups excluding carboxylic acids is 2. The molecule has 1 fully saturated rings. The predicted molar refractivity (Wildman–Crippen MR) is 107 cm³/mol. The van der Waals surface area contributed by atoms with Gasteiger partial charge >= 0.3 is 0 Å². The molecule has 2 atom stereocenters. The quantitative estimate of drug-likeness (QED) is 0.441. The number of carbonyl (C=O) groups is 2. The summed E-state index contributed by atoms with van der Waals surface area (Å²) in [7, 11) is 3.22. The van der Waals surface area contributed by atoms with Crippen LogP contribution in [0.1, 0.15) is 36.0 Å². The number of amides is 1. The van der Waals surface area contributed by atoms with Gasteiger partial charge in [-0.15, -0.1) is 0 Å². The molecule has 4 N–H and O–H groups in total. The lowest BCUT2D eigenvalue weighted by molar-refractivity contribution is -0.113. The van der Waals surface area contributed by atoms with Crippen molar-refractivity contribution in [2.45, 2.75) is 31.7 Å². The molecule has 0 bridgehead atoms. The summed E-state index contributed by atoms with van der Waals surface area (Å²) in [6, 6.07) is 4.88. The lowest BCUT2D eigenvalue weighted by atomic mass is 9.83. The number of phenolic OH excluding ortho intramolecular Hbond substituents is 1. The molecule has 2 aliphatic carbocycles. The van der Waals surface area contributed by atoms with Crippen LogP contribution in [0.4, 0.5) is 5.69 Å². The molecule has 0 radical (unpaired) electrons. The van der Waals surface area contributed by atoms with Gasteiger partial charge in [0.15, 0.2) is 5.75 Å². The molecular formula is C21H27N3O4. The van der Waals surface area contributed by atoms with E-state index >= 15 is 0 Å². The summed E-state index contributed by atoms with van der Waals surface area (Å²) in [4.78, 5) is 25.9. The van der Waals surface area contributed by atoms with Crippen molar-refractivity contribution in [1.82, 2.24) is 10.2 Å². The first-order chi connectivity index (χ1) is 13.3. The first kappa shape index (κ1) is 19.9. The normalized spacial score (nSPS) is 22.0. The first-order valence-electron chi connectivity index (χ1n) is 9.51. The number of hydrogen-bond donors (Lipinski definition) is 4. The Hall–Kier alpha value is -2.80. The van der Waals surface area contributed by atoms with Gasteiger partial charge in [-0.1, -0.05) is 25.5 Å². The zero-order chi connectivity index (χ0) is 20.4. The number of rotatable bonds is 6. The summed E-state index contributed by atoms with van der Waals surface area (Å²) in [6.45, 7) is 3.88. The molecule has 0 saturated heterocycles. The van der Waals surface area contributed by atoms with Crippen molar-refractivity contribution in [3.05, 3.63) is 47.3 Å². The van der Waals surface area contributed by atoms with Crippen LogP contribution in [0.5, 0.6) is 5.75 Å². The zero-order valence-electron chi connectivity index (χ0n) is 16.3. The maximum absolute atomic E-state index is 12.3. The number of ketones is 1. The van der Waals surface area contributed by atoms with E-state index in [1.165, 1.54) is 4.90 Å². The Labute approximate surface area is 164 Å². The Morgan fingerprint density at radius 2 is 1.96 bits per heavy atom. The minimum Gasteiger partial charge on any atom is -0.505 e. The van der Waals surface area contributed by atoms with Crippen molar-refractivity contribution in [2.24, 2.45) is 5.92 Å². The lowest BCUT2D eigenvalue weighted by Gasteiger charge is -2.36. The zero-order valence-corrected chi connectivity index (χ0v) is 16.3. The number of nitrogens with zero attached hydrogens (tertiary/aromatic N) is 1. The minimum atomic E-state index is -0.315. The van der Waals surface area contributed by atoms with Gasteiger partial charge < -0.3 is 25.7 Å². The van der Waals surface area contributed by atoms with Crippen molar-refractivity contribution < 1.29 is 19.8 Å². The van der Waals surface area contributed by atoms with Crippen LogP contribution in [-0.4, -0.2) is 53.5 Å². The molecule has 1 saturated carbocycles. The van der Waals surface area contributed by atoms with E-state index in [2.05, 4.69) is 17.2 Å². The van der Waals surface area contributed by atoms with E-state index < -0.39 is 0 Å². The number of allylic oxidation sites excluding steroid dienone is 2. The Balaban J connectivity index is 1.86. The van der Waals surface area contributed by atoms with Gasteiger partial charge in [0, 0.05) is 38.2 Å². The summed E-state index contributed by atoms with van der Waals surface area (Å²) in [5.41, 5.74) is 1.76. The molecule has 1 amide bonds. The van der Waals surface area contributed by atoms with Crippen LogP contribution in [0.3, 0.4) is 0 Å². The smallest absolute Gasteiger partial charge is 0.257 e. The number of Topliss-reactive ketones (excluding diaryl/α,β-unsaturated/α-hetero) is 1. The van der Waals surface area contributed by atoms with Crippen LogP contribution in [0.15, 0.2) is 41.7 Å². The molecular weight excluding hydrogens is 358 g/mol. The number of para-hydroxylation sites is 1. The fourth-order valence-corrected chi connectivity index (χ4v) is 3.74. The highest BCUT2D eigenvalue weighted by atomic mass is 16.3. The highest BCUT2D eigenvalue weighted by Gasteiger charge is 2.36. The number of anilines is 1. The molecule has 0 aromatic heterocycles. The predicted octanol–water partition coefficient (Wildman–Crippen LogP) is 2.00. The van der Waals surface area contributed by atoms with Gasteiger partial charge in [-0.3, -0.25) is 9.59 Å².